The summed E-state index contributed by atoms with van der Waals surface area (Å²) < 4.78 is 1.83. The van der Waals surface area contributed by atoms with Crippen LogP contribution in [0.25, 0.3) is 5.65 Å². The number of fused-ring (bicyclic) bond motifs is 3. The van der Waals surface area contributed by atoms with Gasteiger partial charge < -0.3 is 4.90 Å². The van der Waals surface area contributed by atoms with E-state index in [9.17, 15) is 5.26 Å². The van der Waals surface area contributed by atoms with Gasteiger partial charge in [0.1, 0.15) is 17.5 Å². The average Bonchev–Trinajstić information content (AvgIpc) is 2.88. The monoisotopic (exact) mass is 269 g/mol. The summed E-state index contributed by atoms with van der Waals surface area (Å²) in [6.45, 7) is 10.9. The SMILES string of the molecule is Cc1nc2c(C#N)cnn2c2c1C[C@H](C)N2C(C)(C)C. The van der Waals surface area contributed by atoms with Crippen molar-refractivity contribution in [3.63, 3.8) is 0 Å². The summed E-state index contributed by atoms with van der Waals surface area (Å²) in [6.07, 6.45) is 2.58. The number of anilines is 1. The molecule has 0 N–H and O–H groups in total. The van der Waals surface area contributed by atoms with Crippen molar-refractivity contribution in [1.82, 2.24) is 14.6 Å². The molecule has 2 aromatic heterocycles. The molecule has 1 aliphatic rings. The number of aromatic nitrogens is 3. The Morgan fingerprint density at radius 1 is 1.40 bits per heavy atom. The summed E-state index contributed by atoms with van der Waals surface area (Å²) >= 11 is 0. The Balaban J connectivity index is 2.37. The van der Waals surface area contributed by atoms with Crippen LogP contribution in [0.5, 0.6) is 0 Å². The summed E-state index contributed by atoms with van der Waals surface area (Å²) in [7, 11) is 0. The van der Waals surface area contributed by atoms with Gasteiger partial charge in [0.15, 0.2) is 5.65 Å². The quantitative estimate of drug-likeness (QED) is 0.737. The van der Waals surface area contributed by atoms with Gasteiger partial charge >= 0.3 is 0 Å². The van der Waals surface area contributed by atoms with Crippen molar-refractivity contribution >= 4 is 11.5 Å². The van der Waals surface area contributed by atoms with Gasteiger partial charge in [0.25, 0.3) is 0 Å². The molecule has 5 nitrogen and oxygen atoms in total. The molecule has 0 aromatic carbocycles. The third kappa shape index (κ3) is 1.61. The molecule has 3 heterocycles. The van der Waals surface area contributed by atoms with Gasteiger partial charge in [-0.25, -0.2) is 4.98 Å². The highest BCUT2D eigenvalue weighted by Gasteiger charge is 2.37. The van der Waals surface area contributed by atoms with Crippen LogP contribution in [0.2, 0.25) is 0 Å². The first kappa shape index (κ1) is 12.9. The molecule has 3 rings (SSSR count). The van der Waals surface area contributed by atoms with Gasteiger partial charge in [-0.2, -0.15) is 14.9 Å². The van der Waals surface area contributed by atoms with E-state index >= 15 is 0 Å². The van der Waals surface area contributed by atoms with E-state index in [2.05, 4.69) is 48.7 Å². The third-order valence-electron chi connectivity index (χ3n) is 3.94. The number of hydrogen-bond donors (Lipinski definition) is 0. The standard InChI is InChI=1S/C15H19N5/c1-9-6-12-10(2)18-13-11(7-16)8-17-20(13)14(12)19(9)15(3,4)5/h8-9H,6H2,1-5H3/t9-/m0/s1. The van der Waals surface area contributed by atoms with E-state index in [1.165, 1.54) is 5.56 Å². The van der Waals surface area contributed by atoms with Crippen molar-refractivity contribution < 1.29 is 0 Å². The van der Waals surface area contributed by atoms with E-state index in [4.69, 9.17) is 0 Å². The summed E-state index contributed by atoms with van der Waals surface area (Å²) in [5.41, 5.74) is 3.44. The molecule has 0 radical (unpaired) electrons. The third-order valence-corrected chi connectivity index (χ3v) is 3.94. The minimum atomic E-state index is 0.00411. The van der Waals surface area contributed by atoms with Gasteiger partial charge in [0.05, 0.1) is 6.20 Å². The van der Waals surface area contributed by atoms with Crippen molar-refractivity contribution in [2.45, 2.75) is 52.6 Å². The van der Waals surface area contributed by atoms with Gasteiger partial charge in [-0.05, 0) is 41.0 Å². The first-order valence-corrected chi connectivity index (χ1v) is 6.91. The van der Waals surface area contributed by atoms with Crippen molar-refractivity contribution in [3.05, 3.63) is 23.0 Å². The molecule has 1 atom stereocenters. The van der Waals surface area contributed by atoms with Crippen LogP contribution in [0, 0.1) is 18.3 Å². The highest BCUT2D eigenvalue weighted by Crippen LogP contribution is 2.38. The van der Waals surface area contributed by atoms with Crippen LogP contribution in [-0.4, -0.2) is 26.2 Å². The molecule has 0 spiro atoms. The Kier molecular flexibility index (Phi) is 2.55. The molecule has 0 saturated heterocycles. The lowest BCUT2D eigenvalue weighted by Gasteiger charge is -2.38. The number of nitrogens with zero attached hydrogens (tertiary/aromatic N) is 5. The molecule has 5 heteroatoms. The van der Waals surface area contributed by atoms with E-state index in [-0.39, 0.29) is 5.54 Å². The molecule has 0 unspecified atom stereocenters. The molecule has 0 bridgehead atoms. The summed E-state index contributed by atoms with van der Waals surface area (Å²) in [5.74, 6) is 1.09. The van der Waals surface area contributed by atoms with Gasteiger partial charge in [0, 0.05) is 22.8 Å². The summed E-state index contributed by atoms with van der Waals surface area (Å²) in [6, 6.07) is 2.58. The zero-order valence-corrected chi connectivity index (χ0v) is 12.6. The lowest BCUT2D eigenvalue weighted by atomic mass is 10.1. The Bertz CT molecular complexity index is 729. The number of aryl methyl sites for hydroxylation is 1. The topological polar surface area (TPSA) is 57.2 Å². The van der Waals surface area contributed by atoms with Crippen molar-refractivity contribution in [2.75, 3.05) is 4.90 Å². The summed E-state index contributed by atoms with van der Waals surface area (Å²) in [5, 5.41) is 13.6. The largest absolute Gasteiger partial charge is 0.348 e. The number of nitriles is 1. The van der Waals surface area contributed by atoms with Crippen molar-refractivity contribution in [3.8, 4) is 6.07 Å². The predicted molar refractivity (Wildman–Crippen MR) is 77.8 cm³/mol. The molecule has 0 amide bonds. The zero-order chi connectivity index (χ0) is 14.7. The normalized spacial score (nSPS) is 18.4. The number of hydrogen-bond acceptors (Lipinski definition) is 4. The second-order valence-electron chi connectivity index (χ2n) is 6.50. The maximum Gasteiger partial charge on any atom is 0.175 e. The fourth-order valence-electron chi connectivity index (χ4n) is 3.26. The fraction of sp³-hybridized carbons (Fsp3) is 0.533. The van der Waals surface area contributed by atoms with Gasteiger partial charge in [-0.1, -0.05) is 0 Å². The van der Waals surface area contributed by atoms with Crippen molar-refractivity contribution in [1.29, 1.82) is 5.26 Å². The molecule has 20 heavy (non-hydrogen) atoms. The predicted octanol–water partition coefficient (Wildman–Crippen LogP) is 2.46. The molecule has 104 valence electrons. The highest BCUT2D eigenvalue weighted by molar-refractivity contribution is 5.66. The van der Waals surface area contributed by atoms with Crippen LogP contribution >= 0.6 is 0 Å². The van der Waals surface area contributed by atoms with Crippen LogP contribution in [0.15, 0.2) is 6.20 Å². The van der Waals surface area contributed by atoms with Crippen LogP contribution in [-0.2, 0) is 6.42 Å². The maximum atomic E-state index is 9.18. The molecular weight excluding hydrogens is 250 g/mol. The molecule has 0 saturated carbocycles. The average molecular weight is 269 g/mol. The van der Waals surface area contributed by atoms with Gasteiger partial charge in [-0.15, -0.1) is 0 Å². The highest BCUT2D eigenvalue weighted by atomic mass is 15.4. The zero-order valence-electron chi connectivity index (χ0n) is 12.6. The van der Waals surface area contributed by atoms with Gasteiger partial charge in [-0.3, -0.25) is 0 Å². The lowest BCUT2D eigenvalue weighted by Crippen LogP contribution is -2.45. The van der Waals surface area contributed by atoms with E-state index in [0.29, 0.717) is 17.3 Å². The minimum absolute atomic E-state index is 0.00411. The van der Waals surface area contributed by atoms with Crippen LogP contribution < -0.4 is 4.90 Å². The van der Waals surface area contributed by atoms with E-state index in [0.717, 1.165) is 17.9 Å². The van der Waals surface area contributed by atoms with Crippen LogP contribution in [0.4, 0.5) is 5.82 Å². The summed E-state index contributed by atoms with van der Waals surface area (Å²) in [4.78, 5) is 6.97. The molecule has 0 aliphatic carbocycles. The molecular formula is C15H19N5. The Hall–Kier alpha value is -2.09. The van der Waals surface area contributed by atoms with Crippen molar-refractivity contribution in [2.24, 2.45) is 0 Å². The second-order valence-corrected chi connectivity index (χ2v) is 6.50. The van der Waals surface area contributed by atoms with E-state index < -0.39 is 0 Å². The first-order chi connectivity index (χ1) is 9.34. The number of rotatable bonds is 0. The van der Waals surface area contributed by atoms with E-state index in [1.807, 2.05) is 11.4 Å². The Labute approximate surface area is 118 Å². The molecule has 1 aliphatic heterocycles. The molecule has 2 aromatic rings. The van der Waals surface area contributed by atoms with Crippen LogP contribution in [0.3, 0.4) is 0 Å². The van der Waals surface area contributed by atoms with Crippen LogP contribution in [0.1, 0.15) is 44.5 Å². The van der Waals surface area contributed by atoms with Gasteiger partial charge in [0.2, 0.25) is 0 Å². The second kappa shape index (κ2) is 3.95. The first-order valence-electron chi connectivity index (χ1n) is 6.91. The maximum absolute atomic E-state index is 9.18. The Morgan fingerprint density at radius 3 is 2.70 bits per heavy atom. The van der Waals surface area contributed by atoms with E-state index in [1.54, 1.807) is 6.20 Å². The minimum Gasteiger partial charge on any atom is -0.348 e. The smallest absolute Gasteiger partial charge is 0.175 e. The Morgan fingerprint density at radius 2 is 2.10 bits per heavy atom. The fourth-order valence-corrected chi connectivity index (χ4v) is 3.26. The lowest BCUT2D eigenvalue weighted by molar-refractivity contribution is 0.461. The molecule has 0 fully saturated rings.